The molecule has 1 N–H and O–H groups in total. The second-order valence-corrected chi connectivity index (χ2v) is 11.0. The zero-order chi connectivity index (χ0) is 26.3. The molecule has 2 aromatic carbocycles. The number of nitrogens with zero attached hydrogens (tertiary/aromatic N) is 3. The van der Waals surface area contributed by atoms with Crippen molar-refractivity contribution in [2.24, 2.45) is 11.8 Å². The van der Waals surface area contributed by atoms with Gasteiger partial charge in [-0.1, -0.05) is 44.2 Å². The Morgan fingerprint density at radius 3 is 2.35 bits per heavy atom. The lowest BCUT2D eigenvalue weighted by Gasteiger charge is -2.34. The highest BCUT2D eigenvalue weighted by Gasteiger charge is 2.35. The van der Waals surface area contributed by atoms with Crippen LogP contribution in [0.1, 0.15) is 81.8 Å². The summed E-state index contributed by atoms with van der Waals surface area (Å²) in [6, 6.07) is 14.9. The van der Waals surface area contributed by atoms with Crippen molar-refractivity contribution in [1.29, 1.82) is 0 Å². The maximum Gasteiger partial charge on any atom is 0.414 e. The molecule has 2 heterocycles. The van der Waals surface area contributed by atoms with Gasteiger partial charge in [-0.05, 0) is 69.1 Å². The molecule has 3 aromatic rings. The number of aliphatic carboxylic acids is 1. The number of aromatic nitrogens is 2. The number of imidazole rings is 1. The van der Waals surface area contributed by atoms with Crippen LogP contribution < -0.4 is 4.90 Å². The number of hydrogen-bond donors (Lipinski definition) is 1. The average molecular weight is 504 g/mol. The molecular formula is C30H37N3O4. The summed E-state index contributed by atoms with van der Waals surface area (Å²) in [5, 5.41) is 9.57. The molecule has 1 fully saturated rings. The molecule has 0 radical (unpaired) electrons. The number of benzene rings is 2. The van der Waals surface area contributed by atoms with Crippen LogP contribution in [0.3, 0.4) is 0 Å². The number of aryl methyl sites for hydroxylation is 1. The van der Waals surface area contributed by atoms with Crippen LogP contribution in [0.25, 0.3) is 11.0 Å². The fourth-order valence-electron chi connectivity index (χ4n) is 6.47. The highest BCUT2D eigenvalue weighted by Crippen LogP contribution is 2.43. The summed E-state index contributed by atoms with van der Waals surface area (Å²) in [5.41, 5.74) is 5.23. The normalized spacial score (nSPS) is 22.6. The predicted octanol–water partition coefficient (Wildman–Crippen LogP) is 6.55. The molecule has 0 bridgehead atoms. The zero-order valence-corrected chi connectivity index (χ0v) is 22.2. The molecule has 7 heteroatoms. The second-order valence-electron chi connectivity index (χ2n) is 11.0. The lowest BCUT2D eigenvalue weighted by molar-refractivity contribution is -0.143. The Labute approximate surface area is 218 Å². The third kappa shape index (κ3) is 4.49. The minimum Gasteiger partial charge on any atom is -0.481 e. The number of anilines is 1. The summed E-state index contributed by atoms with van der Waals surface area (Å²) >= 11 is 0. The van der Waals surface area contributed by atoms with Crippen LogP contribution in [-0.2, 0) is 16.0 Å². The van der Waals surface area contributed by atoms with Gasteiger partial charge in [0.05, 0.1) is 29.7 Å². The van der Waals surface area contributed by atoms with Gasteiger partial charge in [0.15, 0.2) is 0 Å². The number of carbonyl (C=O) groups excluding carboxylic acids is 1. The van der Waals surface area contributed by atoms with Gasteiger partial charge in [0.1, 0.15) is 5.82 Å². The quantitative estimate of drug-likeness (QED) is 0.427. The summed E-state index contributed by atoms with van der Waals surface area (Å²) in [6.07, 6.45) is 4.34. The van der Waals surface area contributed by atoms with E-state index in [2.05, 4.69) is 55.7 Å². The number of carbonyl (C=O) groups is 2. The minimum atomic E-state index is -0.690. The molecular weight excluding hydrogens is 466 g/mol. The first-order valence-corrected chi connectivity index (χ1v) is 13.5. The Morgan fingerprint density at radius 1 is 1.03 bits per heavy atom. The summed E-state index contributed by atoms with van der Waals surface area (Å²) in [5.74, 6) is 0.486. The number of fused-ring (bicyclic) bond motifs is 3. The Kier molecular flexibility index (Phi) is 6.97. The number of methoxy groups -OCH3 is 1. The number of rotatable bonds is 5. The molecule has 1 aromatic heterocycles. The van der Waals surface area contributed by atoms with Gasteiger partial charge in [-0.25, -0.2) is 9.78 Å². The first kappa shape index (κ1) is 25.3. The zero-order valence-electron chi connectivity index (χ0n) is 22.2. The fraction of sp³-hybridized carbons (Fsp3) is 0.500. The Hall–Kier alpha value is -3.35. The van der Waals surface area contributed by atoms with Crippen LogP contribution in [-0.4, -0.2) is 39.9 Å². The van der Waals surface area contributed by atoms with Crippen molar-refractivity contribution in [1.82, 2.24) is 9.55 Å². The molecule has 1 aliphatic carbocycles. The molecule has 37 heavy (non-hydrogen) atoms. The van der Waals surface area contributed by atoms with Crippen molar-refractivity contribution in [3.05, 3.63) is 59.4 Å². The summed E-state index contributed by atoms with van der Waals surface area (Å²) in [7, 11) is 1.43. The molecule has 1 aliphatic heterocycles. The van der Waals surface area contributed by atoms with Gasteiger partial charge in [-0.3, -0.25) is 9.69 Å². The number of amides is 1. The van der Waals surface area contributed by atoms with E-state index in [1.54, 1.807) is 4.90 Å². The third-order valence-electron chi connectivity index (χ3n) is 8.37. The van der Waals surface area contributed by atoms with Crippen molar-refractivity contribution >= 4 is 28.8 Å². The van der Waals surface area contributed by atoms with Crippen molar-refractivity contribution in [3.8, 4) is 0 Å². The molecule has 196 valence electrons. The number of hydrogen-bond acceptors (Lipinski definition) is 4. The highest BCUT2D eigenvalue weighted by atomic mass is 16.5. The first-order chi connectivity index (χ1) is 17.8. The van der Waals surface area contributed by atoms with Crippen molar-refractivity contribution in [3.63, 3.8) is 0 Å². The Balaban J connectivity index is 1.70. The summed E-state index contributed by atoms with van der Waals surface area (Å²) in [4.78, 5) is 31.5. The maximum absolute atomic E-state index is 12.7. The molecule has 2 atom stereocenters. The van der Waals surface area contributed by atoms with Gasteiger partial charge in [0, 0.05) is 23.6 Å². The molecule has 1 unspecified atom stereocenters. The van der Waals surface area contributed by atoms with Crippen LogP contribution in [0.4, 0.5) is 10.5 Å². The van der Waals surface area contributed by atoms with Gasteiger partial charge in [-0.2, -0.15) is 0 Å². The predicted molar refractivity (Wildman–Crippen MR) is 144 cm³/mol. The van der Waals surface area contributed by atoms with E-state index in [-0.39, 0.29) is 30.0 Å². The topological polar surface area (TPSA) is 84.7 Å². The third-order valence-corrected chi connectivity index (χ3v) is 8.37. The van der Waals surface area contributed by atoms with Gasteiger partial charge >= 0.3 is 12.1 Å². The largest absolute Gasteiger partial charge is 0.481 e. The molecule has 1 saturated carbocycles. The van der Waals surface area contributed by atoms with Crippen LogP contribution >= 0.6 is 0 Å². The fourth-order valence-corrected chi connectivity index (χ4v) is 6.47. The second kappa shape index (κ2) is 10.2. The molecule has 7 nitrogen and oxygen atoms in total. The molecule has 5 rings (SSSR count). The maximum atomic E-state index is 12.7. The van der Waals surface area contributed by atoms with E-state index >= 15 is 0 Å². The monoisotopic (exact) mass is 503 g/mol. The number of ether oxygens (including phenoxy) is 1. The van der Waals surface area contributed by atoms with Crippen molar-refractivity contribution in [2.75, 3.05) is 12.0 Å². The van der Waals surface area contributed by atoms with E-state index in [4.69, 9.17) is 9.72 Å². The Morgan fingerprint density at radius 2 is 1.73 bits per heavy atom. The van der Waals surface area contributed by atoms with Gasteiger partial charge < -0.3 is 14.4 Å². The molecule has 0 spiro atoms. The molecule has 0 saturated heterocycles. The van der Waals surface area contributed by atoms with Gasteiger partial charge in [0.2, 0.25) is 0 Å². The lowest BCUT2D eigenvalue weighted by Crippen LogP contribution is -2.42. The van der Waals surface area contributed by atoms with Gasteiger partial charge in [0.25, 0.3) is 0 Å². The number of carboxylic acids is 1. The average Bonchev–Trinajstić information content (AvgIpc) is 3.27. The van der Waals surface area contributed by atoms with Gasteiger partial charge in [-0.15, -0.1) is 0 Å². The highest BCUT2D eigenvalue weighted by molar-refractivity contribution is 5.95. The number of carboxylic acid groups (broad SMARTS) is 1. The SMILES string of the molecule is COC(=O)N1c2ccc3c(nc([C@@H](c4ccccc4)C(C)C)n3C3CCC(C(=O)O)CC3)c2CCC1C. The first-order valence-electron chi connectivity index (χ1n) is 13.5. The summed E-state index contributed by atoms with van der Waals surface area (Å²) < 4.78 is 7.53. The van der Waals surface area contributed by atoms with E-state index < -0.39 is 5.97 Å². The van der Waals surface area contributed by atoms with E-state index in [0.717, 1.165) is 53.8 Å². The smallest absolute Gasteiger partial charge is 0.414 e. The van der Waals surface area contributed by atoms with E-state index in [9.17, 15) is 14.7 Å². The van der Waals surface area contributed by atoms with Crippen molar-refractivity contribution in [2.45, 2.75) is 77.3 Å². The minimum absolute atomic E-state index is 0.0537. The van der Waals surface area contributed by atoms with Crippen LogP contribution in [0.15, 0.2) is 42.5 Å². The van der Waals surface area contributed by atoms with Crippen LogP contribution in [0, 0.1) is 11.8 Å². The van der Waals surface area contributed by atoms with E-state index in [1.165, 1.54) is 12.7 Å². The van der Waals surface area contributed by atoms with E-state index in [1.807, 2.05) is 12.1 Å². The van der Waals surface area contributed by atoms with Crippen molar-refractivity contribution < 1.29 is 19.4 Å². The standard InChI is InChI=1S/C30H37N3O4/c1-18(2)26(20-8-6-5-7-9-20)28-31-27-23-15-10-19(3)32(30(36)37-4)24(23)16-17-25(27)33(28)22-13-11-21(12-14-22)29(34)35/h5-9,16-19,21-22,26H,10-15H2,1-4H3,(H,34,35)/t19?,21?,22?,26-/m1/s1. The molecule has 1 amide bonds. The molecule has 2 aliphatic rings. The van der Waals surface area contributed by atoms with E-state index in [0.29, 0.717) is 18.8 Å². The summed E-state index contributed by atoms with van der Waals surface area (Å²) in [6.45, 7) is 6.52. The Bertz CT molecular complexity index is 1290. The lowest BCUT2D eigenvalue weighted by atomic mass is 9.84. The van der Waals surface area contributed by atoms with Crippen LogP contribution in [0.2, 0.25) is 0 Å². The van der Waals surface area contributed by atoms with Crippen LogP contribution in [0.5, 0.6) is 0 Å².